The lowest BCUT2D eigenvalue weighted by Crippen LogP contribution is -1.94. The third-order valence-electron chi connectivity index (χ3n) is 1.47. The highest BCUT2D eigenvalue weighted by Gasteiger charge is 2.10. The van der Waals surface area contributed by atoms with Crippen molar-refractivity contribution in [3.05, 3.63) is 28.8 Å². The zero-order valence-corrected chi connectivity index (χ0v) is 7.19. The lowest BCUT2D eigenvalue weighted by atomic mass is 10.0. The van der Waals surface area contributed by atoms with Gasteiger partial charge in [-0.1, -0.05) is 25.4 Å². The first-order valence-corrected chi connectivity index (χ1v) is 3.79. The molecule has 0 bridgehead atoms. The third kappa shape index (κ3) is 1.69. The molecule has 1 nitrogen and oxygen atoms in total. The van der Waals surface area contributed by atoms with Gasteiger partial charge < -0.3 is 0 Å². The molecular weight excluding hydrogens is 165 g/mol. The van der Waals surface area contributed by atoms with Crippen molar-refractivity contribution in [3.8, 4) is 0 Å². The minimum Gasteiger partial charge on any atom is -0.260 e. The van der Waals surface area contributed by atoms with E-state index in [1.165, 1.54) is 12.4 Å². The highest BCUT2D eigenvalue weighted by atomic mass is 35.5. The van der Waals surface area contributed by atoms with Crippen LogP contribution in [0.2, 0.25) is 5.02 Å². The molecule has 1 aromatic heterocycles. The fourth-order valence-corrected chi connectivity index (χ4v) is 1.34. The molecule has 0 amide bonds. The van der Waals surface area contributed by atoms with Gasteiger partial charge in [-0.15, -0.1) is 0 Å². The first-order chi connectivity index (χ1) is 5.13. The maximum absolute atomic E-state index is 13.0. The van der Waals surface area contributed by atoms with Gasteiger partial charge in [-0.25, -0.2) is 4.39 Å². The van der Waals surface area contributed by atoms with Crippen molar-refractivity contribution >= 4 is 11.6 Å². The first kappa shape index (κ1) is 8.47. The number of halogens is 2. The summed E-state index contributed by atoms with van der Waals surface area (Å²) in [6.07, 6.45) is 2.64. The van der Waals surface area contributed by atoms with Crippen LogP contribution in [0.15, 0.2) is 12.4 Å². The van der Waals surface area contributed by atoms with Gasteiger partial charge in [0.05, 0.1) is 11.2 Å². The Labute approximate surface area is 70.2 Å². The molecule has 0 unspecified atom stereocenters. The van der Waals surface area contributed by atoms with Gasteiger partial charge in [0.15, 0.2) is 0 Å². The molecule has 1 heterocycles. The van der Waals surface area contributed by atoms with E-state index in [4.69, 9.17) is 11.6 Å². The third-order valence-corrected chi connectivity index (χ3v) is 1.77. The minimum atomic E-state index is -0.326. The van der Waals surface area contributed by atoms with Gasteiger partial charge >= 0.3 is 0 Å². The van der Waals surface area contributed by atoms with E-state index >= 15 is 0 Å². The SMILES string of the molecule is CC(C)c1c(F)cncc1Cl. The number of hydrogen-bond acceptors (Lipinski definition) is 1. The fourth-order valence-electron chi connectivity index (χ4n) is 0.973. The Kier molecular flexibility index (Phi) is 2.45. The van der Waals surface area contributed by atoms with E-state index < -0.39 is 0 Å². The monoisotopic (exact) mass is 173 g/mol. The van der Waals surface area contributed by atoms with E-state index in [2.05, 4.69) is 4.98 Å². The molecule has 11 heavy (non-hydrogen) atoms. The predicted octanol–water partition coefficient (Wildman–Crippen LogP) is 3.00. The van der Waals surface area contributed by atoms with Crippen LogP contribution in [0.25, 0.3) is 0 Å². The number of pyridine rings is 1. The second-order valence-electron chi connectivity index (χ2n) is 2.67. The quantitative estimate of drug-likeness (QED) is 0.636. The van der Waals surface area contributed by atoms with Crippen LogP contribution in [0, 0.1) is 5.82 Å². The summed E-state index contributed by atoms with van der Waals surface area (Å²) in [5.74, 6) is -0.224. The Bertz CT molecular complexity index is 240. The second kappa shape index (κ2) is 3.18. The molecule has 1 aromatic rings. The molecule has 0 saturated heterocycles. The fraction of sp³-hybridized carbons (Fsp3) is 0.375. The molecule has 0 saturated carbocycles. The summed E-state index contributed by atoms with van der Waals surface area (Å²) in [4.78, 5) is 3.62. The molecule has 0 aromatic carbocycles. The predicted molar refractivity (Wildman–Crippen MR) is 43.3 cm³/mol. The number of hydrogen-bond donors (Lipinski definition) is 0. The number of nitrogens with zero attached hydrogens (tertiary/aromatic N) is 1. The maximum Gasteiger partial charge on any atom is 0.146 e. The average Bonchev–Trinajstić information content (AvgIpc) is 1.85. The Balaban J connectivity index is 3.21. The summed E-state index contributed by atoms with van der Waals surface area (Å²) < 4.78 is 13.0. The standard InChI is InChI=1S/C8H9ClFN/c1-5(2)8-6(9)3-11-4-7(8)10/h3-5H,1-2H3. The number of aromatic nitrogens is 1. The van der Waals surface area contributed by atoms with E-state index in [1.807, 2.05) is 13.8 Å². The van der Waals surface area contributed by atoms with Crippen molar-refractivity contribution in [3.63, 3.8) is 0 Å². The van der Waals surface area contributed by atoms with Crippen LogP contribution >= 0.6 is 11.6 Å². The van der Waals surface area contributed by atoms with Crippen LogP contribution in [-0.2, 0) is 0 Å². The van der Waals surface area contributed by atoms with Crippen molar-refractivity contribution in [1.82, 2.24) is 4.98 Å². The lowest BCUT2D eigenvalue weighted by molar-refractivity contribution is 0.592. The van der Waals surface area contributed by atoms with E-state index in [-0.39, 0.29) is 11.7 Å². The molecule has 0 aliphatic rings. The van der Waals surface area contributed by atoms with Crippen LogP contribution in [0.5, 0.6) is 0 Å². The topological polar surface area (TPSA) is 12.9 Å². The zero-order valence-electron chi connectivity index (χ0n) is 6.44. The Hall–Kier alpha value is -0.630. The summed E-state index contributed by atoms with van der Waals surface area (Å²) in [6, 6.07) is 0. The molecule has 3 heteroatoms. The molecule has 0 fully saturated rings. The molecule has 0 N–H and O–H groups in total. The van der Waals surface area contributed by atoms with Gasteiger partial charge in [0.1, 0.15) is 5.82 Å². The van der Waals surface area contributed by atoms with E-state index in [0.717, 1.165) is 0 Å². The molecule has 60 valence electrons. The van der Waals surface area contributed by atoms with Gasteiger partial charge in [-0.05, 0) is 5.92 Å². The summed E-state index contributed by atoms with van der Waals surface area (Å²) in [6.45, 7) is 3.79. The van der Waals surface area contributed by atoms with Crippen LogP contribution in [0.3, 0.4) is 0 Å². The maximum atomic E-state index is 13.0. The minimum absolute atomic E-state index is 0.102. The van der Waals surface area contributed by atoms with Crippen molar-refractivity contribution < 1.29 is 4.39 Å². The van der Waals surface area contributed by atoms with Crippen LogP contribution in [0.4, 0.5) is 4.39 Å². The van der Waals surface area contributed by atoms with Crippen molar-refractivity contribution in [2.75, 3.05) is 0 Å². The summed E-state index contributed by atoms with van der Waals surface area (Å²) in [5.41, 5.74) is 0.543. The van der Waals surface area contributed by atoms with Gasteiger partial charge in [0.2, 0.25) is 0 Å². The molecule has 0 spiro atoms. The van der Waals surface area contributed by atoms with Crippen LogP contribution < -0.4 is 0 Å². The van der Waals surface area contributed by atoms with Gasteiger partial charge in [-0.3, -0.25) is 4.98 Å². The molecular formula is C8H9ClFN. The zero-order chi connectivity index (χ0) is 8.43. The second-order valence-corrected chi connectivity index (χ2v) is 3.08. The smallest absolute Gasteiger partial charge is 0.146 e. The Morgan fingerprint density at radius 3 is 2.45 bits per heavy atom. The highest BCUT2D eigenvalue weighted by Crippen LogP contribution is 2.25. The van der Waals surface area contributed by atoms with Crippen LogP contribution in [0.1, 0.15) is 25.3 Å². The molecule has 0 aliphatic carbocycles. The van der Waals surface area contributed by atoms with Crippen LogP contribution in [-0.4, -0.2) is 4.98 Å². The molecule has 0 aliphatic heterocycles. The molecule has 1 rings (SSSR count). The average molecular weight is 174 g/mol. The van der Waals surface area contributed by atoms with Crippen molar-refractivity contribution in [2.45, 2.75) is 19.8 Å². The number of rotatable bonds is 1. The normalized spacial score (nSPS) is 10.6. The van der Waals surface area contributed by atoms with E-state index in [1.54, 1.807) is 0 Å². The van der Waals surface area contributed by atoms with Gasteiger partial charge in [0.25, 0.3) is 0 Å². The lowest BCUT2D eigenvalue weighted by Gasteiger charge is -2.07. The Morgan fingerprint density at radius 2 is 2.09 bits per heavy atom. The summed E-state index contributed by atoms with van der Waals surface area (Å²) >= 11 is 5.72. The van der Waals surface area contributed by atoms with Gasteiger partial charge in [0, 0.05) is 11.8 Å². The summed E-state index contributed by atoms with van der Waals surface area (Å²) in [7, 11) is 0. The first-order valence-electron chi connectivity index (χ1n) is 3.42. The van der Waals surface area contributed by atoms with Crippen molar-refractivity contribution in [2.24, 2.45) is 0 Å². The largest absolute Gasteiger partial charge is 0.260 e. The summed E-state index contributed by atoms with van der Waals surface area (Å²) in [5, 5.41) is 0.403. The van der Waals surface area contributed by atoms with Gasteiger partial charge in [-0.2, -0.15) is 0 Å². The van der Waals surface area contributed by atoms with Crippen molar-refractivity contribution in [1.29, 1.82) is 0 Å². The van der Waals surface area contributed by atoms with E-state index in [9.17, 15) is 4.39 Å². The molecule has 0 atom stereocenters. The highest BCUT2D eigenvalue weighted by molar-refractivity contribution is 6.31. The Morgan fingerprint density at radius 1 is 1.45 bits per heavy atom. The van der Waals surface area contributed by atoms with E-state index in [0.29, 0.717) is 10.6 Å². The molecule has 0 radical (unpaired) electrons.